The van der Waals surface area contributed by atoms with Crippen LogP contribution < -0.4 is 14.2 Å². The van der Waals surface area contributed by atoms with E-state index in [0.29, 0.717) is 0 Å². The Morgan fingerprint density at radius 1 is 1.00 bits per heavy atom. The van der Waals surface area contributed by atoms with Gasteiger partial charge in [0.25, 0.3) is 0 Å². The molecule has 0 N–H and O–H groups in total. The van der Waals surface area contributed by atoms with Gasteiger partial charge in [-0.15, -0.1) is 0 Å². The summed E-state index contributed by atoms with van der Waals surface area (Å²) in [7, 11) is 0. The molecule has 86 valence electrons. The molecule has 0 aromatic heterocycles. The maximum Gasteiger partial charge on any atom is 0.231 e. The fourth-order valence-corrected chi connectivity index (χ4v) is 1.74. The Morgan fingerprint density at radius 3 is 2.71 bits per heavy atom. The number of rotatable bonds is 2. The van der Waals surface area contributed by atoms with Gasteiger partial charge < -0.3 is 14.2 Å². The lowest BCUT2D eigenvalue weighted by Gasteiger charge is -2.08. The van der Waals surface area contributed by atoms with Crippen LogP contribution in [0, 0.1) is 6.92 Å². The minimum absolute atomic E-state index is 0.281. The first-order valence-corrected chi connectivity index (χ1v) is 5.46. The Morgan fingerprint density at radius 2 is 1.82 bits per heavy atom. The van der Waals surface area contributed by atoms with E-state index in [0.717, 1.165) is 28.6 Å². The minimum atomic E-state index is 0.281. The van der Waals surface area contributed by atoms with Crippen LogP contribution in [0.3, 0.4) is 0 Å². The van der Waals surface area contributed by atoms with E-state index >= 15 is 0 Å². The number of aryl methyl sites for hydroxylation is 1. The molecule has 17 heavy (non-hydrogen) atoms. The van der Waals surface area contributed by atoms with Crippen LogP contribution in [0.4, 0.5) is 0 Å². The van der Waals surface area contributed by atoms with E-state index in [1.54, 1.807) is 0 Å². The maximum absolute atomic E-state index is 5.80. The lowest BCUT2D eigenvalue weighted by atomic mass is 10.2. The van der Waals surface area contributed by atoms with Gasteiger partial charge in [0.2, 0.25) is 6.79 Å². The van der Waals surface area contributed by atoms with Gasteiger partial charge in [-0.2, -0.15) is 0 Å². The Hall–Kier alpha value is -2.16. The van der Waals surface area contributed by atoms with Crippen molar-refractivity contribution in [3.8, 4) is 23.0 Å². The van der Waals surface area contributed by atoms with Gasteiger partial charge in [-0.25, -0.2) is 0 Å². The van der Waals surface area contributed by atoms with Crippen LogP contribution in [-0.2, 0) is 0 Å². The highest BCUT2D eigenvalue weighted by Gasteiger charge is 2.14. The molecule has 0 bridgehead atoms. The van der Waals surface area contributed by atoms with Gasteiger partial charge in [-0.1, -0.05) is 18.2 Å². The zero-order valence-corrected chi connectivity index (χ0v) is 9.47. The van der Waals surface area contributed by atoms with E-state index in [4.69, 9.17) is 14.2 Å². The summed E-state index contributed by atoms with van der Waals surface area (Å²) in [6.07, 6.45) is 0. The van der Waals surface area contributed by atoms with Crippen molar-refractivity contribution >= 4 is 0 Å². The largest absolute Gasteiger partial charge is 0.457 e. The molecule has 2 aromatic rings. The second-order valence-corrected chi connectivity index (χ2v) is 3.88. The fourth-order valence-electron chi connectivity index (χ4n) is 1.74. The highest BCUT2D eigenvalue weighted by atomic mass is 16.7. The minimum Gasteiger partial charge on any atom is -0.457 e. The second-order valence-electron chi connectivity index (χ2n) is 3.88. The summed E-state index contributed by atoms with van der Waals surface area (Å²) in [6, 6.07) is 13.5. The predicted octanol–water partition coefficient (Wildman–Crippen LogP) is 3.52. The molecule has 0 unspecified atom stereocenters. The molecule has 1 heterocycles. The highest BCUT2D eigenvalue weighted by molar-refractivity contribution is 5.48. The summed E-state index contributed by atoms with van der Waals surface area (Å²) in [5.41, 5.74) is 1.10. The summed E-state index contributed by atoms with van der Waals surface area (Å²) in [5.74, 6) is 3.10. The average molecular weight is 228 g/mol. The molecule has 3 heteroatoms. The predicted molar refractivity (Wildman–Crippen MR) is 63.8 cm³/mol. The third-order valence-corrected chi connectivity index (χ3v) is 2.67. The molecule has 2 aromatic carbocycles. The number of fused-ring (bicyclic) bond motifs is 1. The van der Waals surface area contributed by atoms with E-state index in [9.17, 15) is 0 Å². The van der Waals surface area contributed by atoms with Crippen molar-refractivity contribution < 1.29 is 14.2 Å². The summed E-state index contributed by atoms with van der Waals surface area (Å²) >= 11 is 0. The molecular formula is C14H12O3. The quantitative estimate of drug-likeness (QED) is 0.787. The number of para-hydroxylation sites is 1. The first kappa shape index (κ1) is 10.0. The lowest BCUT2D eigenvalue weighted by Crippen LogP contribution is -1.92. The van der Waals surface area contributed by atoms with Crippen molar-refractivity contribution in [2.45, 2.75) is 6.92 Å². The SMILES string of the molecule is Cc1ccccc1Oc1ccc2c(c1)OCO2. The van der Waals surface area contributed by atoms with Gasteiger partial charge in [-0.3, -0.25) is 0 Å². The molecule has 0 saturated carbocycles. The van der Waals surface area contributed by atoms with Crippen molar-refractivity contribution in [1.82, 2.24) is 0 Å². The average Bonchev–Trinajstić information content (AvgIpc) is 2.79. The first-order chi connectivity index (χ1) is 8.33. The molecule has 0 radical (unpaired) electrons. The molecular weight excluding hydrogens is 216 g/mol. The zero-order valence-electron chi connectivity index (χ0n) is 9.47. The van der Waals surface area contributed by atoms with Crippen LogP contribution in [0.2, 0.25) is 0 Å². The van der Waals surface area contributed by atoms with E-state index < -0.39 is 0 Å². The highest BCUT2D eigenvalue weighted by Crippen LogP contribution is 2.36. The van der Waals surface area contributed by atoms with Gasteiger partial charge in [0.1, 0.15) is 11.5 Å². The van der Waals surface area contributed by atoms with E-state index in [-0.39, 0.29) is 6.79 Å². The lowest BCUT2D eigenvalue weighted by molar-refractivity contribution is 0.174. The first-order valence-electron chi connectivity index (χ1n) is 5.46. The molecule has 3 rings (SSSR count). The zero-order chi connectivity index (χ0) is 11.7. The molecule has 0 saturated heterocycles. The van der Waals surface area contributed by atoms with Crippen molar-refractivity contribution in [2.24, 2.45) is 0 Å². The normalized spacial score (nSPS) is 12.5. The van der Waals surface area contributed by atoms with Crippen LogP contribution in [-0.4, -0.2) is 6.79 Å². The molecule has 0 atom stereocenters. The maximum atomic E-state index is 5.80. The van der Waals surface area contributed by atoms with Crippen LogP contribution in [0.5, 0.6) is 23.0 Å². The summed E-state index contributed by atoms with van der Waals surface area (Å²) in [4.78, 5) is 0. The fraction of sp³-hybridized carbons (Fsp3) is 0.143. The monoisotopic (exact) mass is 228 g/mol. The Kier molecular flexibility index (Phi) is 2.37. The van der Waals surface area contributed by atoms with E-state index in [1.807, 2.05) is 49.4 Å². The van der Waals surface area contributed by atoms with Crippen LogP contribution >= 0.6 is 0 Å². The number of benzene rings is 2. The summed E-state index contributed by atoms with van der Waals surface area (Å²) in [6.45, 7) is 2.30. The summed E-state index contributed by atoms with van der Waals surface area (Å²) in [5, 5.41) is 0. The van der Waals surface area contributed by atoms with Crippen molar-refractivity contribution in [3.63, 3.8) is 0 Å². The van der Waals surface area contributed by atoms with Crippen molar-refractivity contribution in [1.29, 1.82) is 0 Å². The summed E-state index contributed by atoms with van der Waals surface area (Å²) < 4.78 is 16.4. The van der Waals surface area contributed by atoms with Crippen molar-refractivity contribution in [2.75, 3.05) is 6.79 Å². The molecule has 1 aliphatic heterocycles. The topological polar surface area (TPSA) is 27.7 Å². The standard InChI is InChI=1S/C14H12O3/c1-10-4-2-3-5-12(10)17-11-6-7-13-14(8-11)16-9-15-13/h2-8H,9H2,1H3. The van der Waals surface area contributed by atoms with Gasteiger partial charge in [0, 0.05) is 6.07 Å². The smallest absolute Gasteiger partial charge is 0.231 e. The van der Waals surface area contributed by atoms with E-state index in [1.165, 1.54) is 0 Å². The molecule has 3 nitrogen and oxygen atoms in total. The molecule has 0 spiro atoms. The Bertz CT molecular complexity index is 549. The van der Waals surface area contributed by atoms with Crippen LogP contribution in [0.15, 0.2) is 42.5 Å². The van der Waals surface area contributed by atoms with Crippen molar-refractivity contribution in [3.05, 3.63) is 48.0 Å². The number of hydrogen-bond acceptors (Lipinski definition) is 3. The van der Waals surface area contributed by atoms with Gasteiger partial charge >= 0.3 is 0 Å². The number of hydrogen-bond donors (Lipinski definition) is 0. The van der Waals surface area contributed by atoms with Gasteiger partial charge in [-0.05, 0) is 30.7 Å². The molecule has 1 aliphatic rings. The Balaban J connectivity index is 1.89. The third kappa shape index (κ3) is 1.91. The second kappa shape index (κ2) is 4.01. The molecule has 0 fully saturated rings. The van der Waals surface area contributed by atoms with Gasteiger partial charge in [0.05, 0.1) is 0 Å². The van der Waals surface area contributed by atoms with E-state index in [2.05, 4.69) is 0 Å². The molecule has 0 amide bonds. The Labute approximate surface area is 99.6 Å². The number of ether oxygens (including phenoxy) is 3. The van der Waals surface area contributed by atoms with Gasteiger partial charge in [0.15, 0.2) is 11.5 Å². The van der Waals surface area contributed by atoms with Crippen LogP contribution in [0.25, 0.3) is 0 Å². The molecule has 0 aliphatic carbocycles. The third-order valence-electron chi connectivity index (χ3n) is 2.67. The van der Waals surface area contributed by atoms with Crippen LogP contribution in [0.1, 0.15) is 5.56 Å².